The average Bonchev–Trinajstić information content (AvgIpc) is 2.80. The molecule has 1 aromatic heterocycles. The number of hydrogen-bond donors (Lipinski definition) is 1. The highest BCUT2D eigenvalue weighted by Gasteiger charge is 2.18. The van der Waals surface area contributed by atoms with E-state index in [9.17, 15) is 0 Å². The molecule has 0 aliphatic carbocycles. The van der Waals surface area contributed by atoms with Crippen molar-refractivity contribution in [2.24, 2.45) is 5.92 Å². The van der Waals surface area contributed by atoms with E-state index in [4.69, 9.17) is 4.52 Å². The lowest BCUT2D eigenvalue weighted by molar-refractivity contribution is 0.324. The van der Waals surface area contributed by atoms with Crippen molar-refractivity contribution in [3.05, 3.63) is 5.89 Å². The Hall–Kier alpha value is -1.10. The van der Waals surface area contributed by atoms with Crippen LogP contribution in [0.15, 0.2) is 4.52 Å². The maximum atomic E-state index is 5.43. The lowest BCUT2D eigenvalue weighted by atomic mass is 9.93. The van der Waals surface area contributed by atoms with Gasteiger partial charge in [-0.3, -0.25) is 0 Å². The Bertz CT molecular complexity index is 392. The van der Waals surface area contributed by atoms with Gasteiger partial charge in [0.25, 0.3) is 5.95 Å². The van der Waals surface area contributed by atoms with Gasteiger partial charge in [0.2, 0.25) is 5.89 Å². The van der Waals surface area contributed by atoms with Gasteiger partial charge in [-0.1, -0.05) is 12.8 Å². The van der Waals surface area contributed by atoms with Crippen LogP contribution in [0.1, 0.15) is 50.8 Å². The Balaban J connectivity index is 1.50. The third kappa shape index (κ3) is 3.72. The fourth-order valence-electron chi connectivity index (χ4n) is 3.24. The highest BCUT2D eigenvalue weighted by molar-refractivity contribution is 5.27. The molecule has 112 valence electrons. The van der Waals surface area contributed by atoms with Crippen LogP contribution in [-0.4, -0.2) is 36.3 Å². The van der Waals surface area contributed by atoms with Gasteiger partial charge in [-0.05, 0) is 56.3 Å². The number of piperidine rings is 1. The summed E-state index contributed by atoms with van der Waals surface area (Å²) >= 11 is 0. The van der Waals surface area contributed by atoms with E-state index in [0.29, 0.717) is 0 Å². The molecule has 3 rings (SSSR count). The van der Waals surface area contributed by atoms with Crippen LogP contribution in [-0.2, 0) is 6.42 Å². The zero-order valence-electron chi connectivity index (χ0n) is 12.3. The second-order valence-electron chi connectivity index (χ2n) is 6.12. The van der Waals surface area contributed by atoms with Crippen LogP contribution < -0.4 is 10.2 Å². The van der Waals surface area contributed by atoms with Crippen molar-refractivity contribution < 1.29 is 4.52 Å². The van der Waals surface area contributed by atoms with E-state index >= 15 is 0 Å². The first kappa shape index (κ1) is 13.9. The van der Waals surface area contributed by atoms with Crippen molar-refractivity contribution in [3.8, 4) is 0 Å². The summed E-state index contributed by atoms with van der Waals surface area (Å²) in [6.45, 7) is 4.47. The highest BCUT2D eigenvalue weighted by atomic mass is 16.5. The van der Waals surface area contributed by atoms with E-state index in [-0.39, 0.29) is 0 Å². The van der Waals surface area contributed by atoms with Crippen molar-refractivity contribution in [1.82, 2.24) is 15.5 Å². The predicted octanol–water partition coefficient (Wildman–Crippen LogP) is 2.38. The molecule has 20 heavy (non-hydrogen) atoms. The number of aryl methyl sites for hydroxylation is 1. The van der Waals surface area contributed by atoms with E-state index in [0.717, 1.165) is 50.4 Å². The second-order valence-corrected chi connectivity index (χ2v) is 6.12. The lowest BCUT2D eigenvalue weighted by Gasteiger charge is -2.21. The van der Waals surface area contributed by atoms with Gasteiger partial charge in [0, 0.05) is 19.5 Å². The Morgan fingerprint density at radius 3 is 2.60 bits per heavy atom. The largest absolute Gasteiger partial charge is 0.338 e. The number of hydrogen-bond acceptors (Lipinski definition) is 5. The molecule has 0 atom stereocenters. The van der Waals surface area contributed by atoms with Crippen molar-refractivity contribution in [1.29, 1.82) is 0 Å². The first-order valence-corrected chi connectivity index (χ1v) is 8.20. The van der Waals surface area contributed by atoms with Crippen LogP contribution in [0.2, 0.25) is 0 Å². The van der Waals surface area contributed by atoms with Crippen molar-refractivity contribution in [3.63, 3.8) is 0 Å². The second kappa shape index (κ2) is 7.07. The number of nitrogens with one attached hydrogen (secondary N) is 1. The predicted molar refractivity (Wildman–Crippen MR) is 78.9 cm³/mol. The highest BCUT2D eigenvalue weighted by Crippen LogP contribution is 2.20. The molecule has 0 radical (unpaired) electrons. The Kier molecular flexibility index (Phi) is 4.90. The molecule has 0 aromatic carbocycles. The fourth-order valence-corrected chi connectivity index (χ4v) is 3.24. The number of nitrogens with zero attached hydrogens (tertiary/aromatic N) is 3. The molecule has 0 amide bonds. The Labute approximate surface area is 121 Å². The molecule has 5 nitrogen and oxygen atoms in total. The molecular formula is C15H26N4O. The first-order valence-electron chi connectivity index (χ1n) is 8.20. The molecule has 1 aromatic rings. The van der Waals surface area contributed by atoms with E-state index < -0.39 is 0 Å². The minimum atomic E-state index is 0.812. The molecule has 0 saturated carbocycles. The average molecular weight is 278 g/mol. The molecular weight excluding hydrogens is 252 g/mol. The maximum Gasteiger partial charge on any atom is 0.266 e. The van der Waals surface area contributed by atoms with Crippen LogP contribution in [0.3, 0.4) is 0 Å². The van der Waals surface area contributed by atoms with Gasteiger partial charge in [0.05, 0.1) is 0 Å². The van der Waals surface area contributed by atoms with Crippen LogP contribution in [0.25, 0.3) is 0 Å². The van der Waals surface area contributed by atoms with Gasteiger partial charge in [-0.25, -0.2) is 0 Å². The molecule has 0 bridgehead atoms. The summed E-state index contributed by atoms with van der Waals surface area (Å²) in [6.07, 6.45) is 9.85. The zero-order valence-corrected chi connectivity index (χ0v) is 12.3. The third-order valence-electron chi connectivity index (χ3n) is 4.57. The standard InChI is InChI=1S/C15H26N4O/c1-2-4-12-19(11-3-1)15-17-14(20-18-15)6-5-13-7-9-16-10-8-13/h13,16H,1-12H2. The van der Waals surface area contributed by atoms with Crippen LogP contribution in [0.4, 0.5) is 5.95 Å². The summed E-state index contributed by atoms with van der Waals surface area (Å²) < 4.78 is 5.43. The summed E-state index contributed by atoms with van der Waals surface area (Å²) in [5.41, 5.74) is 0. The van der Waals surface area contributed by atoms with Crippen molar-refractivity contribution >= 4 is 5.95 Å². The zero-order chi connectivity index (χ0) is 13.6. The van der Waals surface area contributed by atoms with Gasteiger partial charge in [-0.15, -0.1) is 0 Å². The quantitative estimate of drug-likeness (QED) is 0.916. The molecule has 1 N–H and O–H groups in total. The smallest absolute Gasteiger partial charge is 0.266 e. The molecule has 2 fully saturated rings. The normalized spacial score (nSPS) is 21.9. The molecule has 2 saturated heterocycles. The summed E-state index contributed by atoms with van der Waals surface area (Å²) in [5.74, 6) is 2.46. The van der Waals surface area contributed by atoms with Gasteiger partial charge >= 0.3 is 0 Å². The molecule has 2 aliphatic heterocycles. The van der Waals surface area contributed by atoms with Gasteiger partial charge in [-0.2, -0.15) is 4.98 Å². The summed E-state index contributed by atoms with van der Waals surface area (Å²) in [5, 5.41) is 7.58. The molecule has 0 spiro atoms. The summed E-state index contributed by atoms with van der Waals surface area (Å²) in [4.78, 5) is 6.87. The SMILES string of the molecule is C1CCCN(c2noc(CCC3CCNCC3)n2)CC1. The third-order valence-corrected chi connectivity index (χ3v) is 4.57. The van der Waals surface area contributed by atoms with Crippen LogP contribution in [0, 0.1) is 5.92 Å². The summed E-state index contributed by atoms with van der Waals surface area (Å²) in [6, 6.07) is 0. The van der Waals surface area contributed by atoms with Gasteiger partial charge in [0.15, 0.2) is 0 Å². The number of aromatic nitrogens is 2. The first-order chi connectivity index (χ1) is 9.92. The molecule has 3 heterocycles. The monoisotopic (exact) mass is 278 g/mol. The van der Waals surface area contributed by atoms with E-state index in [1.807, 2.05) is 0 Å². The Morgan fingerprint density at radius 2 is 1.85 bits per heavy atom. The van der Waals surface area contributed by atoms with Crippen LogP contribution in [0.5, 0.6) is 0 Å². The number of rotatable bonds is 4. The minimum absolute atomic E-state index is 0.812. The Morgan fingerprint density at radius 1 is 1.10 bits per heavy atom. The van der Waals surface area contributed by atoms with E-state index in [1.54, 1.807) is 0 Å². The van der Waals surface area contributed by atoms with E-state index in [1.165, 1.54) is 44.9 Å². The van der Waals surface area contributed by atoms with Gasteiger partial charge in [0.1, 0.15) is 0 Å². The molecule has 2 aliphatic rings. The molecule has 5 heteroatoms. The van der Waals surface area contributed by atoms with E-state index in [2.05, 4.69) is 20.4 Å². The lowest BCUT2D eigenvalue weighted by Crippen LogP contribution is -2.27. The minimum Gasteiger partial charge on any atom is -0.338 e. The molecule has 0 unspecified atom stereocenters. The van der Waals surface area contributed by atoms with Gasteiger partial charge < -0.3 is 14.7 Å². The fraction of sp³-hybridized carbons (Fsp3) is 0.867. The topological polar surface area (TPSA) is 54.2 Å². The van der Waals surface area contributed by atoms with Crippen molar-refractivity contribution in [2.75, 3.05) is 31.1 Å². The number of anilines is 1. The van der Waals surface area contributed by atoms with Crippen LogP contribution >= 0.6 is 0 Å². The summed E-state index contributed by atoms with van der Waals surface area (Å²) in [7, 11) is 0. The van der Waals surface area contributed by atoms with Crippen molar-refractivity contribution in [2.45, 2.75) is 51.4 Å². The maximum absolute atomic E-state index is 5.43.